The Kier molecular flexibility index (Phi) is 4.24. The summed E-state index contributed by atoms with van der Waals surface area (Å²) >= 11 is 1.17. The Morgan fingerprint density at radius 3 is 2.55 bits per heavy atom. The highest BCUT2D eigenvalue weighted by molar-refractivity contribution is 7.99. The Bertz CT molecular complexity index is 662. The third-order valence-electron chi connectivity index (χ3n) is 2.62. The summed E-state index contributed by atoms with van der Waals surface area (Å²) in [7, 11) is 1.53. The molecule has 6 heteroatoms. The van der Waals surface area contributed by atoms with Crippen LogP contribution in [0.2, 0.25) is 0 Å². The molecule has 2 aromatic carbocycles. The van der Waals surface area contributed by atoms with Crippen molar-refractivity contribution in [3.05, 3.63) is 53.6 Å². The van der Waals surface area contributed by atoms with Crippen molar-refractivity contribution >= 4 is 23.4 Å². The molecule has 0 aliphatic carbocycles. The van der Waals surface area contributed by atoms with Gasteiger partial charge in [0.15, 0.2) is 11.6 Å². The summed E-state index contributed by atoms with van der Waals surface area (Å²) in [5.41, 5.74) is 6.74. The zero-order chi connectivity index (χ0) is 14.7. The summed E-state index contributed by atoms with van der Waals surface area (Å²) in [5.74, 6) is -2.06. The van der Waals surface area contributed by atoms with E-state index in [0.29, 0.717) is 21.0 Å². The van der Waals surface area contributed by atoms with Crippen LogP contribution in [0.1, 0.15) is 10.4 Å². The molecule has 0 saturated heterocycles. The van der Waals surface area contributed by atoms with E-state index >= 15 is 0 Å². The molecule has 0 unspecified atom stereocenters. The lowest BCUT2D eigenvalue weighted by Gasteiger charge is -2.08. The molecule has 0 heterocycles. The molecule has 0 radical (unpaired) electrons. The molecule has 0 fully saturated rings. The largest absolute Gasteiger partial charge is 0.398 e. The van der Waals surface area contributed by atoms with E-state index in [1.165, 1.54) is 24.9 Å². The van der Waals surface area contributed by atoms with E-state index in [9.17, 15) is 13.6 Å². The molecule has 1 amide bonds. The second-order valence-electron chi connectivity index (χ2n) is 4.01. The number of anilines is 1. The van der Waals surface area contributed by atoms with Crippen LogP contribution in [0, 0.1) is 11.6 Å². The molecule has 20 heavy (non-hydrogen) atoms. The lowest BCUT2D eigenvalue weighted by atomic mass is 10.2. The van der Waals surface area contributed by atoms with Gasteiger partial charge in [0, 0.05) is 28.1 Å². The van der Waals surface area contributed by atoms with Crippen LogP contribution in [0.4, 0.5) is 14.5 Å². The fraction of sp³-hybridized carbons (Fsp3) is 0.0714. The Morgan fingerprint density at radius 2 is 1.90 bits per heavy atom. The molecule has 104 valence electrons. The van der Waals surface area contributed by atoms with E-state index < -0.39 is 11.6 Å². The fourth-order valence-corrected chi connectivity index (χ4v) is 2.50. The molecule has 2 aromatic rings. The minimum Gasteiger partial charge on any atom is -0.398 e. The van der Waals surface area contributed by atoms with E-state index in [2.05, 4.69) is 5.32 Å². The van der Waals surface area contributed by atoms with Gasteiger partial charge in [-0.2, -0.15) is 0 Å². The van der Waals surface area contributed by atoms with Gasteiger partial charge in [-0.15, -0.1) is 0 Å². The minimum absolute atomic E-state index is 0.239. The van der Waals surface area contributed by atoms with Crippen molar-refractivity contribution in [3.63, 3.8) is 0 Å². The number of carbonyl (C=O) groups is 1. The molecule has 3 N–H and O–H groups in total. The normalized spacial score (nSPS) is 10.3. The molecule has 0 saturated carbocycles. The van der Waals surface area contributed by atoms with Gasteiger partial charge in [-0.05, 0) is 36.4 Å². The third-order valence-corrected chi connectivity index (χ3v) is 3.68. The monoisotopic (exact) mass is 294 g/mol. The molecule has 0 aliphatic rings. The van der Waals surface area contributed by atoms with Crippen LogP contribution in [0.3, 0.4) is 0 Å². The van der Waals surface area contributed by atoms with E-state index in [0.717, 1.165) is 12.1 Å². The number of nitrogen functional groups attached to an aromatic ring is 1. The molecule has 0 spiro atoms. The summed E-state index contributed by atoms with van der Waals surface area (Å²) in [6.45, 7) is 0. The number of amides is 1. The van der Waals surface area contributed by atoms with E-state index in [-0.39, 0.29) is 5.91 Å². The summed E-state index contributed by atoms with van der Waals surface area (Å²) in [5, 5.41) is 2.51. The van der Waals surface area contributed by atoms with Crippen molar-refractivity contribution in [2.45, 2.75) is 9.79 Å². The molecule has 2 rings (SSSR count). The molecule has 0 aromatic heterocycles. The predicted octanol–water partition coefficient (Wildman–Crippen LogP) is 3.06. The lowest BCUT2D eigenvalue weighted by Crippen LogP contribution is -2.17. The van der Waals surface area contributed by atoms with E-state index in [1.54, 1.807) is 18.2 Å². The number of rotatable bonds is 3. The maximum absolute atomic E-state index is 13.2. The number of halogens is 2. The molecular weight excluding hydrogens is 282 g/mol. The van der Waals surface area contributed by atoms with Crippen molar-refractivity contribution in [2.24, 2.45) is 0 Å². The van der Waals surface area contributed by atoms with Gasteiger partial charge in [-0.3, -0.25) is 4.79 Å². The quantitative estimate of drug-likeness (QED) is 0.855. The van der Waals surface area contributed by atoms with Crippen molar-refractivity contribution in [1.82, 2.24) is 5.32 Å². The highest BCUT2D eigenvalue weighted by Gasteiger charge is 2.10. The van der Waals surface area contributed by atoms with Crippen molar-refractivity contribution in [2.75, 3.05) is 12.8 Å². The van der Waals surface area contributed by atoms with Crippen LogP contribution >= 0.6 is 11.8 Å². The van der Waals surface area contributed by atoms with Gasteiger partial charge in [0.2, 0.25) is 0 Å². The first-order chi connectivity index (χ1) is 9.51. The first-order valence-electron chi connectivity index (χ1n) is 5.76. The Labute approximate surface area is 119 Å². The molecule has 0 bridgehead atoms. The summed E-state index contributed by atoms with van der Waals surface area (Å²) in [6, 6.07) is 8.41. The van der Waals surface area contributed by atoms with Gasteiger partial charge in [0.1, 0.15) is 0 Å². The number of nitrogens with two attached hydrogens (primary N) is 1. The maximum Gasteiger partial charge on any atom is 0.251 e. The summed E-state index contributed by atoms with van der Waals surface area (Å²) in [4.78, 5) is 12.7. The van der Waals surface area contributed by atoms with Crippen molar-refractivity contribution in [3.8, 4) is 0 Å². The van der Waals surface area contributed by atoms with Crippen LogP contribution in [0.5, 0.6) is 0 Å². The second-order valence-corrected chi connectivity index (χ2v) is 5.13. The maximum atomic E-state index is 13.2. The smallest absolute Gasteiger partial charge is 0.251 e. The van der Waals surface area contributed by atoms with Gasteiger partial charge in [-0.1, -0.05) is 11.8 Å². The van der Waals surface area contributed by atoms with Crippen LogP contribution in [0.15, 0.2) is 46.2 Å². The molecule has 0 atom stereocenters. The standard InChI is InChI=1S/C14H12F2N2OS/c1-18-14(19)8-2-5-12(17)13(6-8)20-9-3-4-10(15)11(16)7-9/h2-7H,17H2,1H3,(H,18,19). The first-order valence-corrected chi connectivity index (χ1v) is 6.57. The molecular formula is C14H12F2N2OS. The SMILES string of the molecule is CNC(=O)c1ccc(N)c(Sc2ccc(F)c(F)c2)c1. The number of nitrogens with one attached hydrogen (secondary N) is 1. The van der Waals surface area contributed by atoms with Crippen LogP contribution < -0.4 is 11.1 Å². The molecule has 0 aliphatic heterocycles. The van der Waals surface area contributed by atoms with Gasteiger partial charge >= 0.3 is 0 Å². The highest BCUT2D eigenvalue weighted by atomic mass is 32.2. The summed E-state index contributed by atoms with van der Waals surface area (Å²) in [6.07, 6.45) is 0. The summed E-state index contributed by atoms with van der Waals surface area (Å²) < 4.78 is 26.0. The second kappa shape index (κ2) is 5.92. The van der Waals surface area contributed by atoms with Crippen LogP contribution in [-0.2, 0) is 0 Å². The minimum atomic E-state index is -0.920. The topological polar surface area (TPSA) is 55.1 Å². The lowest BCUT2D eigenvalue weighted by molar-refractivity contribution is 0.0963. The van der Waals surface area contributed by atoms with E-state index in [1.807, 2.05) is 0 Å². The highest BCUT2D eigenvalue weighted by Crippen LogP contribution is 2.33. The average Bonchev–Trinajstić information content (AvgIpc) is 2.44. The number of carbonyl (C=O) groups excluding carboxylic acids is 1. The van der Waals surface area contributed by atoms with Crippen molar-refractivity contribution < 1.29 is 13.6 Å². The Balaban J connectivity index is 2.32. The first kappa shape index (κ1) is 14.3. The van der Waals surface area contributed by atoms with Crippen LogP contribution in [0.25, 0.3) is 0 Å². The van der Waals surface area contributed by atoms with E-state index in [4.69, 9.17) is 5.73 Å². The molecule has 3 nitrogen and oxygen atoms in total. The van der Waals surface area contributed by atoms with Gasteiger partial charge < -0.3 is 11.1 Å². The van der Waals surface area contributed by atoms with Crippen molar-refractivity contribution in [1.29, 1.82) is 0 Å². The zero-order valence-corrected chi connectivity index (χ0v) is 11.4. The fourth-order valence-electron chi connectivity index (χ4n) is 1.58. The van der Waals surface area contributed by atoms with Gasteiger partial charge in [0.05, 0.1) is 0 Å². The third kappa shape index (κ3) is 3.08. The zero-order valence-electron chi connectivity index (χ0n) is 10.6. The predicted molar refractivity (Wildman–Crippen MR) is 74.7 cm³/mol. The Morgan fingerprint density at radius 1 is 1.15 bits per heavy atom. The Hall–Kier alpha value is -2.08. The average molecular weight is 294 g/mol. The van der Waals surface area contributed by atoms with Crippen LogP contribution in [-0.4, -0.2) is 13.0 Å². The number of hydrogen-bond donors (Lipinski definition) is 2. The van der Waals surface area contributed by atoms with Gasteiger partial charge in [-0.25, -0.2) is 8.78 Å². The number of benzene rings is 2. The van der Waals surface area contributed by atoms with Gasteiger partial charge in [0.25, 0.3) is 5.91 Å². The number of hydrogen-bond acceptors (Lipinski definition) is 3.